The summed E-state index contributed by atoms with van der Waals surface area (Å²) in [6.45, 7) is 5.28. The molecule has 2 amide bonds. The zero-order valence-corrected chi connectivity index (χ0v) is 22.7. The predicted molar refractivity (Wildman–Crippen MR) is 157 cm³/mol. The molecule has 2 saturated heterocycles. The highest BCUT2D eigenvalue weighted by atomic mass is 16.5. The van der Waals surface area contributed by atoms with Crippen LogP contribution in [0.4, 0.5) is 5.69 Å². The van der Waals surface area contributed by atoms with E-state index in [1.807, 2.05) is 76.5 Å². The van der Waals surface area contributed by atoms with E-state index in [4.69, 9.17) is 4.74 Å². The molecule has 3 aliphatic rings. The van der Waals surface area contributed by atoms with Gasteiger partial charge in [-0.25, -0.2) is 0 Å². The van der Waals surface area contributed by atoms with Gasteiger partial charge in [-0.3, -0.25) is 14.5 Å². The van der Waals surface area contributed by atoms with Gasteiger partial charge in [0.25, 0.3) is 11.8 Å². The van der Waals surface area contributed by atoms with Crippen LogP contribution in [-0.2, 0) is 4.74 Å². The minimum Gasteiger partial charge on any atom is -0.376 e. The van der Waals surface area contributed by atoms with Gasteiger partial charge in [-0.15, -0.1) is 0 Å². The van der Waals surface area contributed by atoms with Crippen LogP contribution < -0.4 is 5.32 Å². The number of hydrogen-bond donors (Lipinski definition) is 1. The summed E-state index contributed by atoms with van der Waals surface area (Å²) in [5.41, 5.74) is 4.36. The van der Waals surface area contributed by atoms with Crippen molar-refractivity contribution in [3.63, 3.8) is 0 Å². The van der Waals surface area contributed by atoms with Crippen LogP contribution in [0.5, 0.6) is 0 Å². The summed E-state index contributed by atoms with van der Waals surface area (Å²) in [5, 5.41) is 3.56. The van der Waals surface area contributed by atoms with Crippen molar-refractivity contribution >= 4 is 23.6 Å². The smallest absolute Gasteiger partial charge is 0.256 e. The first-order valence-electron chi connectivity index (χ1n) is 14.3. The zero-order valence-electron chi connectivity index (χ0n) is 22.7. The van der Waals surface area contributed by atoms with Gasteiger partial charge in [0.15, 0.2) is 0 Å². The van der Waals surface area contributed by atoms with Crippen molar-refractivity contribution in [2.24, 2.45) is 0 Å². The van der Waals surface area contributed by atoms with Crippen molar-refractivity contribution in [2.75, 3.05) is 51.2 Å². The molecule has 3 heterocycles. The molecule has 7 nitrogen and oxygen atoms in total. The molecule has 2 atom stereocenters. The fourth-order valence-electron chi connectivity index (χ4n) is 5.84. The number of carbonyl (C=O) groups is 2. The average molecular weight is 537 g/mol. The third-order valence-electron chi connectivity index (χ3n) is 8.03. The van der Waals surface area contributed by atoms with E-state index in [-0.39, 0.29) is 24.1 Å². The Morgan fingerprint density at radius 1 is 0.950 bits per heavy atom. The first-order chi connectivity index (χ1) is 19.7. The molecule has 3 aliphatic heterocycles. The largest absolute Gasteiger partial charge is 0.376 e. The SMILES string of the molecule is O=C(c1cccc(NC2c3ccccc3C(=O)N2CC2CCCO2)c1)N1CCN(CC=Cc2ccccc2)CC1. The Balaban J connectivity index is 1.09. The number of amides is 2. The summed E-state index contributed by atoms with van der Waals surface area (Å²) in [6.07, 6.45) is 6.09. The van der Waals surface area contributed by atoms with Crippen molar-refractivity contribution in [2.45, 2.75) is 25.1 Å². The second-order valence-electron chi connectivity index (χ2n) is 10.7. The van der Waals surface area contributed by atoms with Gasteiger partial charge in [-0.2, -0.15) is 0 Å². The number of nitrogens with zero attached hydrogens (tertiary/aromatic N) is 3. The summed E-state index contributed by atoms with van der Waals surface area (Å²) >= 11 is 0. The molecule has 0 radical (unpaired) electrons. The fourth-order valence-corrected chi connectivity index (χ4v) is 5.84. The van der Waals surface area contributed by atoms with Crippen molar-refractivity contribution in [3.8, 4) is 0 Å². The third kappa shape index (κ3) is 5.81. The molecule has 1 N–H and O–H groups in total. The Morgan fingerprint density at radius 2 is 1.75 bits per heavy atom. The number of nitrogens with one attached hydrogen (secondary N) is 1. The lowest BCUT2D eigenvalue weighted by atomic mass is 10.1. The van der Waals surface area contributed by atoms with E-state index >= 15 is 0 Å². The van der Waals surface area contributed by atoms with Gasteiger partial charge < -0.3 is 19.9 Å². The van der Waals surface area contributed by atoms with Crippen LogP contribution in [-0.4, -0.2) is 78.5 Å². The molecule has 6 rings (SSSR count). The normalized spacial score (nSPS) is 21.2. The Bertz CT molecular complexity index is 1360. The lowest BCUT2D eigenvalue weighted by Gasteiger charge is -2.34. The van der Waals surface area contributed by atoms with Gasteiger partial charge in [-0.1, -0.05) is 66.7 Å². The van der Waals surface area contributed by atoms with Crippen molar-refractivity contribution in [1.82, 2.24) is 14.7 Å². The van der Waals surface area contributed by atoms with Crippen LogP contribution in [0.3, 0.4) is 0 Å². The second kappa shape index (κ2) is 12.1. The fraction of sp³-hybridized carbons (Fsp3) is 0.333. The van der Waals surface area contributed by atoms with Crippen LogP contribution in [0.15, 0.2) is 84.9 Å². The number of carbonyl (C=O) groups excluding carboxylic acids is 2. The first-order valence-corrected chi connectivity index (χ1v) is 14.3. The minimum atomic E-state index is -0.300. The summed E-state index contributed by atoms with van der Waals surface area (Å²) in [6, 6.07) is 25.7. The molecule has 206 valence electrons. The van der Waals surface area contributed by atoms with E-state index in [0.717, 1.165) is 55.9 Å². The molecule has 40 heavy (non-hydrogen) atoms. The molecule has 0 aromatic heterocycles. The minimum absolute atomic E-state index is 0.0207. The number of piperazine rings is 1. The van der Waals surface area contributed by atoms with Crippen LogP contribution in [0.2, 0.25) is 0 Å². The van der Waals surface area contributed by atoms with Gasteiger partial charge in [0, 0.05) is 68.3 Å². The molecule has 0 saturated carbocycles. The number of hydrogen-bond acceptors (Lipinski definition) is 5. The van der Waals surface area contributed by atoms with Gasteiger partial charge in [0.2, 0.25) is 0 Å². The van der Waals surface area contributed by atoms with E-state index in [1.54, 1.807) is 0 Å². The predicted octanol–water partition coefficient (Wildman–Crippen LogP) is 4.90. The molecule has 3 aromatic carbocycles. The molecule has 2 fully saturated rings. The molecule has 0 aliphatic carbocycles. The van der Waals surface area contributed by atoms with Crippen LogP contribution in [0.25, 0.3) is 6.08 Å². The number of rotatable bonds is 8. The van der Waals surface area contributed by atoms with Crippen molar-refractivity contribution < 1.29 is 14.3 Å². The maximum absolute atomic E-state index is 13.4. The number of ether oxygens (including phenoxy) is 1. The molecular weight excluding hydrogens is 500 g/mol. The Hall–Kier alpha value is -3.94. The quantitative estimate of drug-likeness (QED) is 0.444. The van der Waals surface area contributed by atoms with E-state index < -0.39 is 0 Å². The molecule has 7 heteroatoms. The standard InChI is InChI=1S/C33H36N4O3/c38-32(36-20-18-35(19-21-36)17-7-11-25-9-2-1-3-10-25)26-12-6-13-27(23-26)34-31-29-15-4-5-16-30(29)33(39)37(31)24-28-14-8-22-40-28/h1-7,9-13,15-16,23,28,31,34H,8,14,17-22,24H2. The lowest BCUT2D eigenvalue weighted by Crippen LogP contribution is -2.48. The highest BCUT2D eigenvalue weighted by Gasteiger charge is 2.38. The Morgan fingerprint density at radius 3 is 2.55 bits per heavy atom. The lowest BCUT2D eigenvalue weighted by molar-refractivity contribution is 0.0488. The van der Waals surface area contributed by atoms with Crippen molar-refractivity contribution in [1.29, 1.82) is 0 Å². The van der Waals surface area contributed by atoms with Crippen LogP contribution >= 0.6 is 0 Å². The monoisotopic (exact) mass is 536 g/mol. The van der Waals surface area contributed by atoms with Gasteiger partial charge >= 0.3 is 0 Å². The first kappa shape index (κ1) is 26.3. The molecule has 0 spiro atoms. The second-order valence-corrected chi connectivity index (χ2v) is 10.7. The van der Waals surface area contributed by atoms with E-state index in [2.05, 4.69) is 34.5 Å². The Kier molecular flexibility index (Phi) is 7.93. The van der Waals surface area contributed by atoms with Crippen LogP contribution in [0.1, 0.15) is 50.9 Å². The maximum Gasteiger partial charge on any atom is 0.256 e. The molecule has 0 bridgehead atoms. The molecular formula is C33H36N4O3. The Labute approximate surface area is 236 Å². The highest BCUT2D eigenvalue weighted by molar-refractivity contribution is 5.99. The molecule has 2 unspecified atom stereocenters. The number of benzene rings is 3. The molecule has 3 aromatic rings. The summed E-state index contributed by atoms with van der Waals surface area (Å²) in [4.78, 5) is 32.9. The third-order valence-corrected chi connectivity index (χ3v) is 8.03. The van der Waals surface area contributed by atoms with Gasteiger partial charge in [0.05, 0.1) is 6.10 Å². The highest BCUT2D eigenvalue weighted by Crippen LogP contribution is 2.35. The van der Waals surface area contributed by atoms with E-state index in [1.165, 1.54) is 5.56 Å². The van der Waals surface area contributed by atoms with Gasteiger partial charge in [-0.05, 0) is 42.7 Å². The zero-order chi connectivity index (χ0) is 27.3. The summed E-state index contributed by atoms with van der Waals surface area (Å²) in [5.74, 6) is 0.0644. The van der Waals surface area contributed by atoms with Crippen LogP contribution in [0, 0.1) is 0 Å². The topological polar surface area (TPSA) is 65.1 Å². The average Bonchev–Trinajstić information content (AvgIpc) is 3.61. The van der Waals surface area contributed by atoms with E-state index in [0.29, 0.717) is 25.2 Å². The summed E-state index contributed by atoms with van der Waals surface area (Å²) in [7, 11) is 0. The van der Waals surface area contributed by atoms with Gasteiger partial charge in [0.1, 0.15) is 6.17 Å². The maximum atomic E-state index is 13.4. The number of fused-ring (bicyclic) bond motifs is 1. The summed E-state index contributed by atoms with van der Waals surface area (Å²) < 4.78 is 5.85. The number of anilines is 1. The van der Waals surface area contributed by atoms with Crippen molar-refractivity contribution in [3.05, 3.63) is 107 Å². The van der Waals surface area contributed by atoms with E-state index in [9.17, 15) is 9.59 Å².